The molecule has 3 heteroatoms. The Hall–Kier alpha value is 0.139. The molecule has 0 unspecified atom stereocenters. The second-order valence-electron chi connectivity index (χ2n) is 1.61. The van der Waals surface area contributed by atoms with Crippen LogP contribution in [0.3, 0.4) is 0 Å². The van der Waals surface area contributed by atoms with Crippen LogP contribution in [0.4, 0.5) is 0 Å². The van der Waals surface area contributed by atoms with Gasteiger partial charge >= 0.3 is 58.6 Å². The first-order valence-corrected chi connectivity index (χ1v) is 5.81. The molecule has 2 radical (unpaired) electrons. The van der Waals surface area contributed by atoms with Crippen molar-refractivity contribution in [1.82, 2.24) is 0 Å². The minimum absolute atomic E-state index is 0.159. The Kier molecular flexibility index (Phi) is 4.13. The molecule has 0 N–H and O–H groups in total. The molecule has 0 aromatic rings. The van der Waals surface area contributed by atoms with Gasteiger partial charge in [0.15, 0.2) is 0 Å². The number of hydrogen-bond donors (Lipinski definition) is 0. The van der Waals surface area contributed by atoms with Crippen LogP contribution in [-0.4, -0.2) is 30.7 Å². The monoisotopic (exact) mass is 220 g/mol. The molecule has 44 valence electrons. The fourth-order valence-corrected chi connectivity index (χ4v) is 1.67. The van der Waals surface area contributed by atoms with Crippen LogP contribution in [0.15, 0.2) is 0 Å². The molecule has 0 aromatic heterocycles. The Labute approximate surface area is 58.9 Å². The molecule has 0 rings (SSSR count). The summed E-state index contributed by atoms with van der Waals surface area (Å²) in [4.78, 5) is 20.5. The number of hydrogen-bond acceptors (Lipinski definition) is 2. The van der Waals surface area contributed by atoms with E-state index in [0.717, 1.165) is 0 Å². The van der Waals surface area contributed by atoms with E-state index in [1.807, 2.05) is 0 Å². The van der Waals surface area contributed by atoms with Crippen molar-refractivity contribution in [2.24, 2.45) is 0 Å². The summed E-state index contributed by atoms with van der Waals surface area (Å²) < 4.78 is 0.822. The Morgan fingerprint density at radius 3 is 2.00 bits per heavy atom. The molecule has 0 fully saturated rings. The Balaban J connectivity index is 3.18. The molecule has 0 heterocycles. The van der Waals surface area contributed by atoms with Gasteiger partial charge < -0.3 is 0 Å². The van der Waals surface area contributed by atoms with Crippen molar-refractivity contribution in [3.8, 4) is 0 Å². The molecule has 0 amide bonds. The molecule has 8 heavy (non-hydrogen) atoms. The molecule has 0 saturated heterocycles. The molecule has 0 spiro atoms. The number of rotatable bonds is 3. The van der Waals surface area contributed by atoms with Gasteiger partial charge in [0.25, 0.3) is 0 Å². The van der Waals surface area contributed by atoms with Crippen molar-refractivity contribution >= 4 is 30.7 Å². The van der Waals surface area contributed by atoms with Gasteiger partial charge in [-0.05, 0) is 0 Å². The van der Waals surface area contributed by atoms with E-state index < -0.39 is 21.1 Å². The summed E-state index contributed by atoms with van der Waals surface area (Å²) in [5.41, 5.74) is 0. The van der Waals surface area contributed by atoms with Crippen molar-refractivity contribution in [1.29, 1.82) is 0 Å². The van der Waals surface area contributed by atoms with E-state index >= 15 is 0 Å². The van der Waals surface area contributed by atoms with Crippen LogP contribution in [0.5, 0.6) is 0 Å². The number of carbonyl (C=O) groups excluding carboxylic acids is 2. The average Bonchev–Trinajstić information content (AvgIpc) is 1.61. The molecule has 0 bridgehead atoms. The summed E-state index contributed by atoms with van der Waals surface area (Å²) >= 11 is -0.934. The topological polar surface area (TPSA) is 34.1 Å². The molecule has 0 atom stereocenters. The average molecular weight is 219 g/mol. The molecule has 2 nitrogen and oxygen atoms in total. The third kappa shape index (κ3) is 6.14. The van der Waals surface area contributed by atoms with E-state index in [2.05, 4.69) is 0 Å². The van der Waals surface area contributed by atoms with E-state index in [0.29, 0.717) is 4.44 Å². The summed E-state index contributed by atoms with van der Waals surface area (Å²) in [5.74, 6) is 0.159. The third-order valence-corrected chi connectivity index (χ3v) is 3.93. The molecule has 0 aromatic carbocycles. The normalized spacial score (nSPS) is 8.75. The SMILES string of the molecule is CC(=O)[CH2][Sn][C](C)=O. The van der Waals surface area contributed by atoms with E-state index in [1.54, 1.807) is 6.92 Å². The summed E-state index contributed by atoms with van der Waals surface area (Å²) in [6, 6.07) is 0. The van der Waals surface area contributed by atoms with Gasteiger partial charge in [0.1, 0.15) is 0 Å². The zero-order valence-corrected chi connectivity index (χ0v) is 7.88. The maximum atomic E-state index is 10.3. The second kappa shape index (κ2) is 4.06. The Morgan fingerprint density at radius 2 is 1.88 bits per heavy atom. The van der Waals surface area contributed by atoms with Gasteiger partial charge in [0.2, 0.25) is 0 Å². The van der Waals surface area contributed by atoms with Gasteiger partial charge in [0, 0.05) is 0 Å². The van der Waals surface area contributed by atoms with Crippen LogP contribution >= 0.6 is 0 Å². The molecule has 0 saturated carbocycles. The number of ketones is 1. The van der Waals surface area contributed by atoms with Gasteiger partial charge in [-0.1, -0.05) is 0 Å². The van der Waals surface area contributed by atoms with E-state index in [9.17, 15) is 9.59 Å². The summed E-state index contributed by atoms with van der Waals surface area (Å²) in [6.45, 7) is 3.10. The van der Waals surface area contributed by atoms with Crippen LogP contribution in [0.2, 0.25) is 4.44 Å². The Bertz CT molecular complexity index is 95.0. The number of Topliss-reactive ketones (excluding diaryl/α,β-unsaturated/α-hetero) is 1. The first kappa shape index (κ1) is 8.14. The van der Waals surface area contributed by atoms with Gasteiger partial charge in [-0.25, -0.2) is 0 Å². The standard InChI is InChI=1S/C3H5O.C2H3O.Sn/c1-3(2)4;1-2-3;/h1H2,2H3;1H3;. The van der Waals surface area contributed by atoms with Crippen molar-refractivity contribution < 1.29 is 9.59 Å². The van der Waals surface area contributed by atoms with E-state index in [4.69, 9.17) is 0 Å². The molecular formula is C5H8O2Sn. The predicted molar refractivity (Wildman–Crippen MR) is 31.9 cm³/mol. The van der Waals surface area contributed by atoms with Gasteiger partial charge in [0.05, 0.1) is 0 Å². The predicted octanol–water partition coefficient (Wildman–Crippen LogP) is 0.244. The summed E-state index contributed by atoms with van der Waals surface area (Å²) in [5, 5.41) is 0. The van der Waals surface area contributed by atoms with Gasteiger partial charge in [-0.2, -0.15) is 0 Å². The van der Waals surface area contributed by atoms with Crippen molar-refractivity contribution in [2.45, 2.75) is 18.3 Å². The van der Waals surface area contributed by atoms with Crippen LogP contribution in [0, 0.1) is 0 Å². The summed E-state index contributed by atoms with van der Waals surface area (Å²) in [7, 11) is 0. The number of carbonyl (C=O) groups is 2. The fourth-order valence-electron chi connectivity index (χ4n) is 0.249. The minimum atomic E-state index is -0.934. The van der Waals surface area contributed by atoms with Crippen molar-refractivity contribution in [2.75, 3.05) is 0 Å². The first-order chi connectivity index (χ1) is 3.63. The third-order valence-electron chi connectivity index (χ3n) is 0.586. The molecule has 0 aliphatic rings. The van der Waals surface area contributed by atoms with Gasteiger partial charge in [-0.3, -0.25) is 0 Å². The zero-order valence-electron chi connectivity index (χ0n) is 5.02. The maximum absolute atomic E-state index is 10.3. The van der Waals surface area contributed by atoms with Crippen LogP contribution in [0.1, 0.15) is 13.8 Å². The van der Waals surface area contributed by atoms with Crippen LogP contribution in [-0.2, 0) is 9.59 Å². The molecule has 0 aliphatic heterocycles. The van der Waals surface area contributed by atoms with Crippen molar-refractivity contribution in [3.05, 3.63) is 0 Å². The Morgan fingerprint density at radius 1 is 1.38 bits per heavy atom. The van der Waals surface area contributed by atoms with Crippen LogP contribution in [0.25, 0.3) is 0 Å². The second-order valence-corrected chi connectivity index (χ2v) is 5.64. The van der Waals surface area contributed by atoms with Crippen LogP contribution < -0.4 is 0 Å². The zero-order chi connectivity index (χ0) is 6.57. The van der Waals surface area contributed by atoms with E-state index in [1.165, 1.54) is 6.92 Å². The van der Waals surface area contributed by atoms with E-state index in [-0.39, 0.29) is 9.58 Å². The molecule has 0 aliphatic carbocycles. The fraction of sp³-hybridized carbons (Fsp3) is 0.600. The first-order valence-electron chi connectivity index (χ1n) is 2.37. The van der Waals surface area contributed by atoms with Crippen molar-refractivity contribution in [3.63, 3.8) is 0 Å². The summed E-state index contributed by atoms with van der Waals surface area (Å²) in [6.07, 6.45) is 0. The van der Waals surface area contributed by atoms with Gasteiger partial charge in [-0.15, -0.1) is 0 Å². The quantitative estimate of drug-likeness (QED) is 0.637. The molecular weight excluding hydrogens is 211 g/mol.